The van der Waals surface area contributed by atoms with Crippen LogP contribution < -0.4 is 0 Å². The van der Waals surface area contributed by atoms with Gasteiger partial charge in [-0.25, -0.2) is 0 Å². The third-order valence-electron chi connectivity index (χ3n) is 2.16. The Hall–Kier alpha value is -1.85. The van der Waals surface area contributed by atoms with E-state index in [0.29, 0.717) is 19.3 Å². The van der Waals surface area contributed by atoms with Crippen LogP contribution >= 0.6 is 0 Å². The standard InChI is InChI=1S/3C6H10O2.Fe/c3*1-3-6(8)4-5(2)7;/h3*4,7H,3H2,1-2H3;/b3*5-4+;. The largest absolute Gasteiger partial charge is 0.512 e. The van der Waals surface area contributed by atoms with E-state index >= 15 is 0 Å². The summed E-state index contributed by atoms with van der Waals surface area (Å²) >= 11 is 0. The molecule has 0 aromatic carbocycles. The first-order valence-corrected chi connectivity index (χ1v) is 7.70. The van der Waals surface area contributed by atoms with Crippen molar-refractivity contribution in [1.29, 1.82) is 0 Å². The second-order valence-electron chi connectivity index (χ2n) is 4.82. The summed E-state index contributed by atoms with van der Waals surface area (Å²) < 4.78 is 0. The van der Waals surface area contributed by atoms with E-state index < -0.39 is 0 Å². The van der Waals surface area contributed by atoms with Crippen LogP contribution in [0.25, 0.3) is 0 Å². The average Bonchev–Trinajstić information content (AvgIpc) is 2.46. The molecule has 0 unspecified atom stereocenters. The van der Waals surface area contributed by atoms with Crippen LogP contribution in [-0.4, -0.2) is 32.7 Å². The molecule has 0 atom stereocenters. The van der Waals surface area contributed by atoms with Crippen LogP contribution in [0.15, 0.2) is 35.5 Å². The minimum atomic E-state index is -0.0370. The molecule has 0 rings (SSSR count). The fraction of sp³-hybridized carbons (Fsp3) is 0.500. The summed E-state index contributed by atoms with van der Waals surface area (Å²) in [7, 11) is 0. The van der Waals surface area contributed by atoms with Crippen LogP contribution in [-0.2, 0) is 31.5 Å². The summed E-state index contributed by atoms with van der Waals surface area (Å²) in [5.74, 6) is 0.130. The Labute approximate surface area is 160 Å². The molecule has 0 bridgehead atoms. The molecule has 0 saturated heterocycles. The number of allylic oxidation sites excluding steroid dienone is 6. The third-order valence-corrected chi connectivity index (χ3v) is 2.16. The molecule has 6 nitrogen and oxygen atoms in total. The molecule has 0 aromatic heterocycles. The third kappa shape index (κ3) is 34.5. The molecular formula is C18H30FeO6. The predicted octanol–water partition coefficient (Wildman–Crippen LogP) is 4.28. The minimum Gasteiger partial charge on any atom is -0.512 e. The number of carbonyl (C=O) groups is 3. The normalized spacial score (nSPS) is 11.0. The summed E-state index contributed by atoms with van der Waals surface area (Å²) in [6.07, 6.45) is 5.04. The van der Waals surface area contributed by atoms with Crippen LogP contribution in [0.5, 0.6) is 0 Å². The van der Waals surface area contributed by atoms with Crippen molar-refractivity contribution in [3.05, 3.63) is 35.5 Å². The van der Waals surface area contributed by atoms with E-state index in [9.17, 15) is 14.4 Å². The van der Waals surface area contributed by atoms with Gasteiger partial charge in [0.25, 0.3) is 0 Å². The minimum absolute atomic E-state index is 0. The van der Waals surface area contributed by atoms with Gasteiger partial charge in [0, 0.05) is 54.6 Å². The number of ketones is 3. The Morgan fingerprint density at radius 1 is 0.600 bits per heavy atom. The molecule has 0 radical (unpaired) electrons. The van der Waals surface area contributed by atoms with Gasteiger partial charge in [0.15, 0.2) is 17.3 Å². The zero-order chi connectivity index (χ0) is 19.7. The SMILES string of the molecule is CCC(=O)/C=C(\C)O.CCC(=O)/C=C(\C)O.CCC(=O)/C=C(\C)O.[Fe]. The molecule has 0 fully saturated rings. The van der Waals surface area contributed by atoms with Crippen molar-refractivity contribution >= 4 is 17.3 Å². The van der Waals surface area contributed by atoms with Gasteiger partial charge in [0.05, 0.1) is 17.3 Å². The van der Waals surface area contributed by atoms with Crippen molar-refractivity contribution in [3.8, 4) is 0 Å². The van der Waals surface area contributed by atoms with E-state index in [1.54, 1.807) is 20.8 Å². The maximum absolute atomic E-state index is 10.4. The quantitative estimate of drug-likeness (QED) is 0.350. The summed E-state index contributed by atoms with van der Waals surface area (Å²) in [6.45, 7) is 9.69. The smallest absolute Gasteiger partial charge is 0.158 e. The molecule has 0 aliphatic carbocycles. The van der Waals surface area contributed by atoms with E-state index in [1.807, 2.05) is 0 Å². The van der Waals surface area contributed by atoms with Gasteiger partial charge in [-0.1, -0.05) is 20.8 Å². The molecule has 0 amide bonds. The molecule has 0 aromatic rings. The zero-order valence-electron chi connectivity index (χ0n) is 15.8. The molecule has 0 spiro atoms. The van der Waals surface area contributed by atoms with Gasteiger partial charge in [0.1, 0.15) is 0 Å². The van der Waals surface area contributed by atoms with Gasteiger partial charge >= 0.3 is 0 Å². The Morgan fingerprint density at radius 2 is 0.760 bits per heavy atom. The number of aliphatic hydroxyl groups is 3. The predicted molar refractivity (Wildman–Crippen MR) is 95.1 cm³/mol. The fourth-order valence-corrected chi connectivity index (χ4v) is 1.01. The maximum atomic E-state index is 10.4. The number of carbonyl (C=O) groups excluding carboxylic acids is 3. The first-order valence-electron chi connectivity index (χ1n) is 7.70. The van der Waals surface area contributed by atoms with Crippen LogP contribution in [0.3, 0.4) is 0 Å². The Bertz CT molecular complexity index is 406. The van der Waals surface area contributed by atoms with Gasteiger partial charge in [-0.15, -0.1) is 0 Å². The second-order valence-corrected chi connectivity index (χ2v) is 4.82. The number of hydrogen-bond donors (Lipinski definition) is 3. The van der Waals surface area contributed by atoms with Crippen LogP contribution in [0, 0.1) is 0 Å². The van der Waals surface area contributed by atoms with Crippen LogP contribution in [0.4, 0.5) is 0 Å². The van der Waals surface area contributed by atoms with E-state index in [4.69, 9.17) is 15.3 Å². The molecule has 0 heterocycles. The van der Waals surface area contributed by atoms with Crippen molar-refractivity contribution in [1.82, 2.24) is 0 Å². The number of rotatable bonds is 6. The fourth-order valence-electron chi connectivity index (χ4n) is 1.01. The van der Waals surface area contributed by atoms with Gasteiger partial charge in [-0.2, -0.15) is 0 Å². The molecular weight excluding hydrogens is 368 g/mol. The van der Waals surface area contributed by atoms with E-state index in [0.717, 1.165) is 0 Å². The zero-order valence-corrected chi connectivity index (χ0v) is 16.9. The van der Waals surface area contributed by atoms with Crippen molar-refractivity contribution < 1.29 is 46.8 Å². The first-order chi connectivity index (χ1) is 11.0. The molecule has 0 aliphatic rings. The summed E-state index contributed by atoms with van der Waals surface area (Å²) in [5, 5.41) is 25.5. The summed E-state index contributed by atoms with van der Waals surface area (Å²) in [5.41, 5.74) is 0. The molecule has 146 valence electrons. The van der Waals surface area contributed by atoms with Crippen LogP contribution in [0.2, 0.25) is 0 Å². The van der Waals surface area contributed by atoms with Crippen molar-refractivity contribution in [3.63, 3.8) is 0 Å². The van der Waals surface area contributed by atoms with E-state index in [2.05, 4.69) is 0 Å². The average molecular weight is 398 g/mol. The molecule has 0 aliphatic heterocycles. The van der Waals surface area contributed by atoms with Crippen LogP contribution in [0.1, 0.15) is 60.8 Å². The molecule has 0 saturated carbocycles. The van der Waals surface area contributed by atoms with Gasteiger partial charge in [0.2, 0.25) is 0 Å². The van der Waals surface area contributed by atoms with Gasteiger partial charge in [-0.05, 0) is 20.8 Å². The van der Waals surface area contributed by atoms with Crippen molar-refractivity contribution in [2.75, 3.05) is 0 Å². The summed E-state index contributed by atoms with van der Waals surface area (Å²) in [4.78, 5) is 31.2. The molecule has 7 heteroatoms. The maximum Gasteiger partial charge on any atom is 0.158 e. The Morgan fingerprint density at radius 3 is 0.800 bits per heavy atom. The summed E-state index contributed by atoms with van der Waals surface area (Å²) in [6, 6.07) is 0. The van der Waals surface area contributed by atoms with Crippen molar-refractivity contribution in [2.24, 2.45) is 0 Å². The Balaban J connectivity index is -0.000000130. The van der Waals surface area contributed by atoms with E-state index in [1.165, 1.54) is 39.0 Å². The number of aliphatic hydroxyl groups excluding tert-OH is 3. The topological polar surface area (TPSA) is 112 Å². The molecule has 3 N–H and O–H groups in total. The molecule has 25 heavy (non-hydrogen) atoms. The first kappa shape index (κ1) is 31.0. The Kier molecular flexibility index (Phi) is 25.0. The van der Waals surface area contributed by atoms with E-state index in [-0.39, 0.29) is 51.7 Å². The number of hydrogen-bond acceptors (Lipinski definition) is 6. The van der Waals surface area contributed by atoms with Gasteiger partial charge < -0.3 is 15.3 Å². The second kappa shape index (κ2) is 20.2. The monoisotopic (exact) mass is 398 g/mol. The van der Waals surface area contributed by atoms with Gasteiger partial charge in [-0.3, -0.25) is 14.4 Å². The van der Waals surface area contributed by atoms with Crippen molar-refractivity contribution in [2.45, 2.75) is 60.8 Å².